The fourth-order valence-corrected chi connectivity index (χ4v) is 3.67. The number of amides is 1. The minimum atomic E-state index is 0.0726. The first-order valence-electron chi connectivity index (χ1n) is 9.44. The summed E-state index contributed by atoms with van der Waals surface area (Å²) in [5.41, 5.74) is 3.66. The second-order valence-corrected chi connectivity index (χ2v) is 7.39. The highest BCUT2D eigenvalue weighted by molar-refractivity contribution is 6.30. The van der Waals surface area contributed by atoms with Crippen molar-refractivity contribution in [2.24, 2.45) is 5.92 Å². The van der Waals surface area contributed by atoms with Crippen LogP contribution in [0, 0.1) is 5.92 Å². The van der Waals surface area contributed by atoms with E-state index in [1.807, 2.05) is 24.3 Å². The van der Waals surface area contributed by atoms with Gasteiger partial charge >= 0.3 is 0 Å². The van der Waals surface area contributed by atoms with Crippen molar-refractivity contribution in [2.45, 2.75) is 39.3 Å². The Hall–Kier alpha value is -1.84. The molecule has 2 aromatic rings. The average molecular weight is 371 g/mol. The SMILES string of the molecule is CCN(CC)Cc1ccccc1CNC(=O)C1CC1c1cccc(Cl)c1. The highest BCUT2D eigenvalue weighted by Gasteiger charge is 2.43. The van der Waals surface area contributed by atoms with E-state index in [-0.39, 0.29) is 11.8 Å². The molecule has 1 aliphatic rings. The van der Waals surface area contributed by atoms with Gasteiger partial charge in [0.15, 0.2) is 0 Å². The molecule has 0 saturated heterocycles. The minimum absolute atomic E-state index is 0.0726. The number of rotatable bonds is 8. The Balaban J connectivity index is 1.57. The predicted molar refractivity (Wildman–Crippen MR) is 107 cm³/mol. The predicted octanol–water partition coefficient (Wildman–Crippen LogP) is 4.60. The Morgan fingerprint density at radius 2 is 1.85 bits per heavy atom. The third-order valence-electron chi connectivity index (χ3n) is 5.26. The number of nitrogens with zero attached hydrogens (tertiary/aromatic N) is 1. The molecule has 0 radical (unpaired) electrons. The fourth-order valence-electron chi connectivity index (χ4n) is 3.48. The van der Waals surface area contributed by atoms with Crippen molar-refractivity contribution < 1.29 is 4.79 Å². The van der Waals surface area contributed by atoms with Crippen LogP contribution in [0.15, 0.2) is 48.5 Å². The van der Waals surface area contributed by atoms with Crippen LogP contribution in [0.4, 0.5) is 0 Å². The lowest BCUT2D eigenvalue weighted by Crippen LogP contribution is -2.27. The molecule has 2 atom stereocenters. The van der Waals surface area contributed by atoms with E-state index in [0.717, 1.165) is 31.1 Å². The maximum atomic E-state index is 12.5. The van der Waals surface area contributed by atoms with E-state index in [2.05, 4.69) is 48.3 Å². The van der Waals surface area contributed by atoms with Gasteiger partial charge in [0.25, 0.3) is 0 Å². The van der Waals surface area contributed by atoms with Gasteiger partial charge in [-0.1, -0.05) is 61.8 Å². The molecule has 1 aliphatic carbocycles. The van der Waals surface area contributed by atoms with Crippen LogP contribution >= 0.6 is 11.6 Å². The average Bonchev–Trinajstić information content (AvgIpc) is 3.46. The molecule has 0 bridgehead atoms. The van der Waals surface area contributed by atoms with E-state index in [1.165, 1.54) is 16.7 Å². The van der Waals surface area contributed by atoms with E-state index in [0.29, 0.717) is 12.5 Å². The van der Waals surface area contributed by atoms with Crippen molar-refractivity contribution in [3.8, 4) is 0 Å². The van der Waals surface area contributed by atoms with Gasteiger partial charge in [-0.3, -0.25) is 9.69 Å². The van der Waals surface area contributed by atoms with Crippen molar-refractivity contribution in [1.82, 2.24) is 10.2 Å². The molecule has 1 N–H and O–H groups in total. The monoisotopic (exact) mass is 370 g/mol. The van der Waals surface area contributed by atoms with Gasteiger partial charge in [-0.05, 0) is 54.3 Å². The van der Waals surface area contributed by atoms with Crippen molar-refractivity contribution in [2.75, 3.05) is 13.1 Å². The van der Waals surface area contributed by atoms with E-state index in [9.17, 15) is 4.79 Å². The molecule has 1 amide bonds. The first-order chi connectivity index (χ1) is 12.6. The topological polar surface area (TPSA) is 32.3 Å². The molecule has 0 aliphatic heterocycles. The molecule has 1 saturated carbocycles. The van der Waals surface area contributed by atoms with Gasteiger partial charge in [-0.25, -0.2) is 0 Å². The van der Waals surface area contributed by atoms with E-state index < -0.39 is 0 Å². The summed E-state index contributed by atoms with van der Waals surface area (Å²) in [5, 5.41) is 3.87. The lowest BCUT2D eigenvalue weighted by Gasteiger charge is -2.20. The van der Waals surface area contributed by atoms with Crippen LogP contribution in [-0.2, 0) is 17.9 Å². The number of hydrogen-bond donors (Lipinski definition) is 1. The molecule has 1 fully saturated rings. The molecule has 26 heavy (non-hydrogen) atoms. The quantitative estimate of drug-likeness (QED) is 0.736. The van der Waals surface area contributed by atoms with Gasteiger partial charge in [0, 0.05) is 24.0 Å². The summed E-state index contributed by atoms with van der Waals surface area (Å²) in [5.74, 6) is 0.524. The molecule has 2 unspecified atom stereocenters. The van der Waals surface area contributed by atoms with E-state index in [1.54, 1.807) is 0 Å². The number of hydrogen-bond acceptors (Lipinski definition) is 2. The molecule has 0 spiro atoms. The maximum Gasteiger partial charge on any atom is 0.224 e. The molecular weight excluding hydrogens is 344 g/mol. The maximum absolute atomic E-state index is 12.5. The van der Waals surface area contributed by atoms with Gasteiger partial charge in [-0.2, -0.15) is 0 Å². The second kappa shape index (κ2) is 8.70. The molecular formula is C22H27ClN2O. The number of halogens is 1. The summed E-state index contributed by atoms with van der Waals surface area (Å²) in [4.78, 5) is 14.9. The van der Waals surface area contributed by atoms with Gasteiger partial charge in [0.05, 0.1) is 0 Å². The van der Waals surface area contributed by atoms with Crippen LogP contribution in [0.1, 0.15) is 42.9 Å². The summed E-state index contributed by atoms with van der Waals surface area (Å²) in [6.07, 6.45) is 0.910. The smallest absolute Gasteiger partial charge is 0.224 e. The summed E-state index contributed by atoms with van der Waals surface area (Å²) in [7, 11) is 0. The third-order valence-corrected chi connectivity index (χ3v) is 5.50. The number of carbonyl (C=O) groups is 1. The summed E-state index contributed by atoms with van der Waals surface area (Å²) >= 11 is 6.06. The Kier molecular flexibility index (Phi) is 6.33. The molecule has 3 nitrogen and oxygen atoms in total. The van der Waals surface area contributed by atoms with Gasteiger partial charge in [-0.15, -0.1) is 0 Å². The lowest BCUT2D eigenvalue weighted by atomic mass is 10.1. The zero-order valence-corrected chi connectivity index (χ0v) is 16.3. The van der Waals surface area contributed by atoms with Crippen LogP contribution in [-0.4, -0.2) is 23.9 Å². The van der Waals surface area contributed by atoms with Crippen LogP contribution < -0.4 is 5.32 Å². The Labute approximate surface area is 161 Å². The minimum Gasteiger partial charge on any atom is -0.352 e. The van der Waals surface area contributed by atoms with Crippen molar-refractivity contribution in [3.63, 3.8) is 0 Å². The molecule has 2 aromatic carbocycles. The van der Waals surface area contributed by atoms with Gasteiger partial charge in [0.1, 0.15) is 0 Å². The first-order valence-corrected chi connectivity index (χ1v) is 9.82. The Morgan fingerprint density at radius 1 is 1.12 bits per heavy atom. The summed E-state index contributed by atoms with van der Waals surface area (Å²) < 4.78 is 0. The highest BCUT2D eigenvalue weighted by Crippen LogP contribution is 2.47. The van der Waals surface area contributed by atoms with Crippen molar-refractivity contribution >= 4 is 17.5 Å². The van der Waals surface area contributed by atoms with Crippen LogP contribution in [0.3, 0.4) is 0 Å². The van der Waals surface area contributed by atoms with Crippen LogP contribution in [0.2, 0.25) is 5.02 Å². The van der Waals surface area contributed by atoms with Crippen LogP contribution in [0.5, 0.6) is 0 Å². The molecule has 4 heteroatoms. The van der Waals surface area contributed by atoms with E-state index in [4.69, 9.17) is 11.6 Å². The van der Waals surface area contributed by atoms with E-state index >= 15 is 0 Å². The second-order valence-electron chi connectivity index (χ2n) is 6.95. The number of carbonyl (C=O) groups excluding carboxylic acids is 1. The number of benzene rings is 2. The zero-order chi connectivity index (χ0) is 18.5. The van der Waals surface area contributed by atoms with Crippen molar-refractivity contribution in [1.29, 1.82) is 0 Å². The first kappa shape index (κ1) is 18.9. The normalized spacial score (nSPS) is 18.8. The van der Waals surface area contributed by atoms with Crippen LogP contribution in [0.25, 0.3) is 0 Å². The lowest BCUT2D eigenvalue weighted by molar-refractivity contribution is -0.122. The number of nitrogens with one attached hydrogen (secondary N) is 1. The van der Waals surface area contributed by atoms with Gasteiger partial charge in [0.2, 0.25) is 5.91 Å². The molecule has 0 heterocycles. The molecule has 0 aromatic heterocycles. The Bertz CT molecular complexity index is 757. The molecule has 3 rings (SSSR count). The fraction of sp³-hybridized carbons (Fsp3) is 0.409. The standard InChI is InChI=1S/C22H27ClN2O/c1-3-25(4-2)15-18-9-6-5-8-17(18)14-24-22(26)21-13-20(21)16-10-7-11-19(23)12-16/h5-12,20-21H,3-4,13-15H2,1-2H3,(H,24,26). The highest BCUT2D eigenvalue weighted by atomic mass is 35.5. The van der Waals surface area contributed by atoms with Crippen molar-refractivity contribution in [3.05, 3.63) is 70.2 Å². The van der Waals surface area contributed by atoms with Gasteiger partial charge < -0.3 is 5.32 Å². The summed E-state index contributed by atoms with van der Waals surface area (Å²) in [6.45, 7) is 7.93. The third kappa shape index (κ3) is 4.66. The largest absolute Gasteiger partial charge is 0.352 e. The zero-order valence-electron chi connectivity index (χ0n) is 15.5. The Morgan fingerprint density at radius 3 is 2.54 bits per heavy atom. The molecule has 138 valence electrons. The summed E-state index contributed by atoms with van der Waals surface area (Å²) in [6, 6.07) is 16.2.